The van der Waals surface area contributed by atoms with Gasteiger partial charge >= 0.3 is 0 Å². The molecular formula is C53H37N3. The van der Waals surface area contributed by atoms with Gasteiger partial charge in [-0.25, -0.2) is 15.0 Å². The van der Waals surface area contributed by atoms with Crippen LogP contribution in [0.15, 0.2) is 194 Å². The highest BCUT2D eigenvalue weighted by molar-refractivity contribution is 5.90. The van der Waals surface area contributed by atoms with Gasteiger partial charge in [0.2, 0.25) is 0 Å². The third kappa shape index (κ3) is 6.29. The fourth-order valence-corrected chi connectivity index (χ4v) is 7.59. The first kappa shape index (κ1) is 25.0. The van der Waals surface area contributed by atoms with Crippen molar-refractivity contribution in [3.05, 3.63) is 211 Å². The van der Waals surface area contributed by atoms with Crippen LogP contribution < -0.4 is 0 Å². The summed E-state index contributed by atoms with van der Waals surface area (Å²) in [5, 5.41) is 0. The fourth-order valence-electron chi connectivity index (χ4n) is 7.59. The van der Waals surface area contributed by atoms with Gasteiger partial charge in [0.15, 0.2) is 17.5 Å². The molecule has 0 unspecified atom stereocenters. The third-order valence-electron chi connectivity index (χ3n) is 10.3. The van der Waals surface area contributed by atoms with E-state index in [-0.39, 0.29) is 46.2 Å². The largest absolute Gasteiger partial charge is 0.208 e. The summed E-state index contributed by atoms with van der Waals surface area (Å²) < 4.78 is 76.8. The average Bonchev–Trinajstić information content (AvgIpc) is 3.74. The summed E-state index contributed by atoms with van der Waals surface area (Å²) in [7, 11) is 0. The Hall–Kier alpha value is -7.23. The van der Waals surface area contributed by atoms with E-state index in [2.05, 4.69) is 96.0 Å². The van der Waals surface area contributed by atoms with Crippen molar-refractivity contribution < 1.29 is 12.3 Å². The van der Waals surface area contributed by atoms with E-state index in [1.54, 1.807) is 6.07 Å². The summed E-state index contributed by atoms with van der Waals surface area (Å²) in [5.41, 5.74) is 13.7. The molecule has 1 aromatic heterocycles. The van der Waals surface area contributed by atoms with Crippen LogP contribution in [0.4, 0.5) is 0 Å². The highest BCUT2D eigenvalue weighted by Crippen LogP contribution is 2.46. The van der Waals surface area contributed by atoms with Gasteiger partial charge in [0.25, 0.3) is 0 Å². The van der Waals surface area contributed by atoms with E-state index in [0.29, 0.717) is 12.0 Å². The molecule has 3 heteroatoms. The quantitative estimate of drug-likeness (QED) is 0.164. The number of rotatable bonds is 7. The third-order valence-corrected chi connectivity index (χ3v) is 10.3. The zero-order chi connectivity index (χ0) is 45.3. The van der Waals surface area contributed by atoms with E-state index >= 15 is 0 Å². The van der Waals surface area contributed by atoms with Crippen LogP contribution in [-0.2, 0) is 6.42 Å². The minimum atomic E-state index is -0.573. The average molecular weight is 725 g/mol. The van der Waals surface area contributed by atoms with Crippen LogP contribution >= 0.6 is 0 Å². The summed E-state index contributed by atoms with van der Waals surface area (Å²) in [5.74, 6) is -0.364. The summed E-state index contributed by atoms with van der Waals surface area (Å²) in [6.07, 6.45) is 0.687. The molecule has 1 heterocycles. The molecule has 0 saturated heterocycles. The van der Waals surface area contributed by atoms with Gasteiger partial charge in [0, 0.05) is 16.7 Å². The summed E-state index contributed by atoms with van der Waals surface area (Å²) >= 11 is 0. The standard InChI is InChI=1S/C53H37N3/c1-35-13-8-21-43(31-35)52-54-51(39-16-6-3-7-17-39)55-53(56-52)44-22-10-20-42(33-44)46-24-12-26-48-47-25-11-23-45(49(47)34-50(46)48)41-19-9-18-40(32-41)38-29-27-37(28-30-38)36-14-4-2-5-15-36/h2-33H,34H2,1H3/i3D,6D,7D,8D,13D,16D,17D,21D,31D. The second kappa shape index (κ2) is 14.2. The van der Waals surface area contributed by atoms with Gasteiger partial charge < -0.3 is 0 Å². The monoisotopic (exact) mass is 724 g/mol. The highest BCUT2D eigenvalue weighted by Gasteiger charge is 2.25. The van der Waals surface area contributed by atoms with Crippen LogP contribution in [0.3, 0.4) is 0 Å². The van der Waals surface area contributed by atoms with Crippen molar-refractivity contribution in [3.8, 4) is 89.8 Å². The van der Waals surface area contributed by atoms with Crippen molar-refractivity contribution >= 4 is 0 Å². The van der Waals surface area contributed by atoms with E-state index in [9.17, 15) is 0 Å². The van der Waals surface area contributed by atoms with Gasteiger partial charge in [-0.05, 0) is 98.3 Å². The SMILES string of the molecule is [2H]c1c([2H])c([2H])c(-c2nc(-c3cccc(-c4cccc5c4Cc4c(-c6cccc(-c7ccc(-c8ccccc8)cc7)c6)cccc4-5)c3)nc(-c3c([2H])c([2H])c([2H])c(C)c3[2H])n2)c([2H])c1[2H]. The molecule has 0 fully saturated rings. The van der Waals surface area contributed by atoms with E-state index in [4.69, 9.17) is 22.3 Å². The molecule has 10 rings (SSSR count). The smallest absolute Gasteiger partial charge is 0.164 e. The maximum Gasteiger partial charge on any atom is 0.164 e. The zero-order valence-corrected chi connectivity index (χ0v) is 30.3. The topological polar surface area (TPSA) is 38.7 Å². The van der Waals surface area contributed by atoms with Crippen molar-refractivity contribution in [3.63, 3.8) is 0 Å². The predicted molar refractivity (Wildman–Crippen MR) is 231 cm³/mol. The molecule has 9 aromatic rings. The number of fused-ring (bicyclic) bond motifs is 3. The Balaban J connectivity index is 1.05. The molecule has 0 saturated carbocycles. The van der Waals surface area contributed by atoms with Crippen molar-refractivity contribution in [2.75, 3.05) is 0 Å². The first-order chi connectivity index (χ1) is 31.4. The first-order valence-corrected chi connectivity index (χ1v) is 18.4. The lowest BCUT2D eigenvalue weighted by Crippen LogP contribution is -2.00. The minimum Gasteiger partial charge on any atom is -0.208 e. The Kier molecular flexibility index (Phi) is 6.33. The molecule has 0 aliphatic heterocycles. The molecule has 0 atom stereocenters. The van der Waals surface area contributed by atoms with E-state index in [1.165, 1.54) is 29.2 Å². The second-order valence-electron chi connectivity index (χ2n) is 13.8. The van der Waals surface area contributed by atoms with Crippen molar-refractivity contribution in [1.82, 2.24) is 15.0 Å². The number of hydrogen-bond donors (Lipinski definition) is 0. The number of aromatic nitrogens is 3. The van der Waals surface area contributed by atoms with Crippen LogP contribution in [0.25, 0.3) is 89.8 Å². The summed E-state index contributed by atoms with van der Waals surface area (Å²) in [6.45, 7) is 1.51. The van der Waals surface area contributed by atoms with Gasteiger partial charge in [-0.3, -0.25) is 0 Å². The Labute approximate surface area is 340 Å². The second-order valence-corrected chi connectivity index (χ2v) is 13.8. The van der Waals surface area contributed by atoms with Crippen LogP contribution in [0.5, 0.6) is 0 Å². The molecule has 0 spiro atoms. The van der Waals surface area contributed by atoms with Gasteiger partial charge in [-0.2, -0.15) is 0 Å². The lowest BCUT2D eigenvalue weighted by molar-refractivity contribution is 1.07. The number of nitrogens with zero attached hydrogens (tertiary/aromatic N) is 3. The van der Waals surface area contributed by atoms with Gasteiger partial charge in [-0.15, -0.1) is 0 Å². The summed E-state index contributed by atoms with van der Waals surface area (Å²) in [4.78, 5) is 13.9. The Morgan fingerprint density at radius 1 is 0.375 bits per heavy atom. The predicted octanol–water partition coefficient (Wildman–Crippen LogP) is 13.4. The molecule has 0 N–H and O–H groups in total. The van der Waals surface area contributed by atoms with Crippen molar-refractivity contribution in [2.45, 2.75) is 13.3 Å². The van der Waals surface area contributed by atoms with Gasteiger partial charge in [-0.1, -0.05) is 181 Å². The molecule has 3 nitrogen and oxygen atoms in total. The normalized spacial score (nSPS) is 13.8. The molecule has 8 aromatic carbocycles. The van der Waals surface area contributed by atoms with Gasteiger partial charge in [0.05, 0.1) is 12.3 Å². The molecule has 56 heavy (non-hydrogen) atoms. The zero-order valence-electron chi connectivity index (χ0n) is 39.3. The molecule has 1 aliphatic carbocycles. The van der Waals surface area contributed by atoms with E-state index in [0.717, 1.165) is 44.5 Å². The van der Waals surface area contributed by atoms with Crippen molar-refractivity contribution in [2.24, 2.45) is 0 Å². The number of hydrogen-bond acceptors (Lipinski definition) is 3. The van der Waals surface area contributed by atoms with Crippen molar-refractivity contribution in [1.29, 1.82) is 0 Å². The van der Waals surface area contributed by atoms with Gasteiger partial charge in [0.1, 0.15) is 0 Å². The lowest BCUT2D eigenvalue weighted by Gasteiger charge is -2.12. The van der Waals surface area contributed by atoms with Crippen LogP contribution in [0.2, 0.25) is 0 Å². The minimum absolute atomic E-state index is 0.0735. The van der Waals surface area contributed by atoms with E-state index < -0.39 is 42.3 Å². The maximum atomic E-state index is 8.89. The highest BCUT2D eigenvalue weighted by atomic mass is 15.0. The molecule has 0 bridgehead atoms. The molecular weight excluding hydrogens is 679 g/mol. The maximum absolute atomic E-state index is 8.89. The molecule has 0 radical (unpaired) electrons. The first-order valence-electron chi connectivity index (χ1n) is 22.9. The molecule has 0 amide bonds. The van der Waals surface area contributed by atoms with E-state index in [1.807, 2.05) is 42.5 Å². The van der Waals surface area contributed by atoms with Crippen LogP contribution in [0, 0.1) is 6.92 Å². The Morgan fingerprint density at radius 2 is 0.839 bits per heavy atom. The Morgan fingerprint density at radius 3 is 1.50 bits per heavy atom. The number of benzene rings is 8. The van der Waals surface area contributed by atoms with Crippen LogP contribution in [0.1, 0.15) is 29.0 Å². The van der Waals surface area contributed by atoms with Crippen LogP contribution in [-0.4, -0.2) is 15.0 Å². The molecule has 264 valence electrons. The fraction of sp³-hybridized carbons (Fsp3) is 0.0377. The lowest BCUT2D eigenvalue weighted by atomic mass is 9.93. The molecule has 1 aliphatic rings. The Bertz CT molecular complexity index is 3260. The summed E-state index contributed by atoms with van der Waals surface area (Å²) in [6, 6.07) is 43.9.